The Morgan fingerprint density at radius 3 is 2.78 bits per heavy atom. The van der Waals surface area contributed by atoms with E-state index in [1.54, 1.807) is 24.3 Å². The van der Waals surface area contributed by atoms with Gasteiger partial charge in [-0.05, 0) is 35.7 Å². The number of fused-ring (bicyclic) bond motifs is 1. The van der Waals surface area contributed by atoms with Gasteiger partial charge in [0.05, 0.1) is 23.7 Å². The number of aliphatic imine (C=N–C) groups is 1. The number of carbonyl (C=O) groups excluding carboxylic acids is 1. The lowest BCUT2D eigenvalue weighted by molar-refractivity contribution is 0.0963. The Morgan fingerprint density at radius 1 is 1.22 bits per heavy atom. The number of nitrogens with one attached hydrogen (secondary N) is 1. The van der Waals surface area contributed by atoms with Crippen molar-refractivity contribution in [2.75, 3.05) is 13.4 Å². The number of amidine groups is 1. The number of hydrogen-bond acceptors (Lipinski definition) is 5. The van der Waals surface area contributed by atoms with E-state index in [1.807, 2.05) is 32.0 Å². The predicted molar refractivity (Wildman–Crippen MR) is 103 cm³/mol. The van der Waals surface area contributed by atoms with Crippen LogP contribution in [0.1, 0.15) is 29.8 Å². The molecule has 0 radical (unpaired) electrons. The summed E-state index contributed by atoms with van der Waals surface area (Å²) in [5.41, 5.74) is 1.28. The monoisotopic (exact) mass is 388 g/mol. The molecule has 2 aromatic rings. The maximum Gasteiger partial charge on any atom is 0.292 e. The molecule has 7 heteroatoms. The van der Waals surface area contributed by atoms with Crippen molar-refractivity contribution in [2.45, 2.75) is 20.4 Å². The topological polar surface area (TPSA) is 69.2 Å². The maximum absolute atomic E-state index is 12.5. The molecule has 0 spiro atoms. The molecule has 0 fully saturated rings. The molecule has 1 N–H and O–H groups in total. The zero-order chi connectivity index (χ0) is 19.2. The van der Waals surface area contributed by atoms with Gasteiger partial charge in [-0.15, -0.1) is 0 Å². The van der Waals surface area contributed by atoms with E-state index in [4.69, 9.17) is 25.8 Å². The zero-order valence-electron chi connectivity index (χ0n) is 15.2. The molecule has 1 amide bonds. The Morgan fingerprint density at radius 2 is 2.00 bits per heavy atom. The van der Waals surface area contributed by atoms with Gasteiger partial charge in [-0.25, -0.2) is 4.99 Å². The maximum atomic E-state index is 12.5. The molecule has 0 saturated heterocycles. The van der Waals surface area contributed by atoms with Gasteiger partial charge in [0.1, 0.15) is 0 Å². The Labute approximate surface area is 163 Å². The van der Waals surface area contributed by atoms with Crippen molar-refractivity contribution in [3.05, 3.63) is 58.6 Å². The van der Waals surface area contributed by atoms with Gasteiger partial charge >= 0.3 is 0 Å². The first kappa shape index (κ1) is 19.0. The number of halogens is 1. The number of carbonyl (C=O) groups is 1. The smallest absolute Gasteiger partial charge is 0.292 e. The van der Waals surface area contributed by atoms with Crippen molar-refractivity contribution in [3.8, 4) is 11.5 Å². The molecule has 3 rings (SSSR count). The second-order valence-corrected chi connectivity index (χ2v) is 6.86. The third kappa shape index (κ3) is 5.14. The van der Waals surface area contributed by atoms with Gasteiger partial charge in [0.2, 0.25) is 6.79 Å². The van der Waals surface area contributed by atoms with Crippen molar-refractivity contribution in [1.29, 1.82) is 0 Å². The van der Waals surface area contributed by atoms with Crippen LogP contribution in [0, 0.1) is 5.92 Å². The van der Waals surface area contributed by atoms with Crippen molar-refractivity contribution in [1.82, 2.24) is 5.32 Å². The summed E-state index contributed by atoms with van der Waals surface area (Å²) in [7, 11) is 0. The minimum atomic E-state index is -0.367. The fourth-order valence-electron chi connectivity index (χ4n) is 2.38. The van der Waals surface area contributed by atoms with E-state index in [9.17, 15) is 4.79 Å². The van der Waals surface area contributed by atoms with E-state index in [-0.39, 0.29) is 24.6 Å². The number of amides is 1. The lowest BCUT2D eigenvalue weighted by Crippen LogP contribution is -2.33. The highest BCUT2D eigenvalue weighted by Crippen LogP contribution is 2.32. The van der Waals surface area contributed by atoms with E-state index < -0.39 is 0 Å². The van der Waals surface area contributed by atoms with Crippen LogP contribution in [0.3, 0.4) is 0 Å². The summed E-state index contributed by atoms with van der Waals surface area (Å²) in [6.07, 6.45) is 0. The fraction of sp³-hybridized carbons (Fsp3) is 0.300. The molecule has 6 nitrogen and oxygen atoms in total. The van der Waals surface area contributed by atoms with Crippen molar-refractivity contribution in [3.63, 3.8) is 0 Å². The molecule has 0 atom stereocenters. The SMILES string of the molecule is CC(C)COC(=NCc1ccc2c(c1)OCO2)NC(=O)c1ccccc1Cl. The van der Waals surface area contributed by atoms with Gasteiger partial charge in [-0.3, -0.25) is 10.1 Å². The molecule has 0 aliphatic carbocycles. The van der Waals surface area contributed by atoms with E-state index in [0.717, 1.165) is 5.56 Å². The van der Waals surface area contributed by atoms with Gasteiger partial charge < -0.3 is 14.2 Å². The summed E-state index contributed by atoms with van der Waals surface area (Å²) in [5, 5.41) is 3.07. The quantitative estimate of drug-likeness (QED) is 0.620. The van der Waals surface area contributed by atoms with Gasteiger partial charge in [-0.2, -0.15) is 0 Å². The average molecular weight is 389 g/mol. The van der Waals surface area contributed by atoms with Crippen LogP contribution >= 0.6 is 11.6 Å². The molecule has 1 heterocycles. The van der Waals surface area contributed by atoms with E-state index in [2.05, 4.69) is 10.3 Å². The minimum absolute atomic E-state index is 0.159. The first-order chi connectivity index (χ1) is 13.0. The lowest BCUT2D eigenvalue weighted by Gasteiger charge is -2.13. The summed E-state index contributed by atoms with van der Waals surface area (Å²) in [4.78, 5) is 16.9. The third-order valence-electron chi connectivity index (χ3n) is 3.73. The normalized spacial score (nSPS) is 13.0. The number of benzene rings is 2. The highest BCUT2D eigenvalue weighted by molar-refractivity contribution is 6.34. The first-order valence-corrected chi connectivity index (χ1v) is 9.02. The number of nitrogens with zero attached hydrogens (tertiary/aromatic N) is 1. The Kier molecular flexibility index (Phi) is 6.19. The van der Waals surface area contributed by atoms with E-state index >= 15 is 0 Å². The molecule has 0 saturated carbocycles. The Balaban J connectivity index is 1.73. The van der Waals surface area contributed by atoms with Crippen LogP contribution in [0.2, 0.25) is 5.02 Å². The third-order valence-corrected chi connectivity index (χ3v) is 4.06. The molecule has 0 bridgehead atoms. The summed E-state index contributed by atoms with van der Waals surface area (Å²) >= 11 is 6.09. The number of ether oxygens (including phenoxy) is 3. The molecule has 1 aliphatic heterocycles. The second-order valence-electron chi connectivity index (χ2n) is 6.45. The van der Waals surface area contributed by atoms with Crippen molar-refractivity contribution < 1.29 is 19.0 Å². The number of hydrogen-bond donors (Lipinski definition) is 1. The largest absolute Gasteiger partial charge is 0.465 e. The fourth-order valence-corrected chi connectivity index (χ4v) is 2.60. The molecule has 0 aromatic heterocycles. The van der Waals surface area contributed by atoms with Crippen LogP contribution in [0.15, 0.2) is 47.5 Å². The Hall–Kier alpha value is -2.73. The molecular weight excluding hydrogens is 368 g/mol. The van der Waals surface area contributed by atoms with Crippen LogP contribution in [0.5, 0.6) is 11.5 Å². The highest BCUT2D eigenvalue weighted by atomic mass is 35.5. The number of rotatable bonds is 5. The first-order valence-electron chi connectivity index (χ1n) is 8.64. The van der Waals surface area contributed by atoms with Crippen molar-refractivity contribution in [2.24, 2.45) is 10.9 Å². The summed E-state index contributed by atoms with van der Waals surface area (Å²) < 4.78 is 16.3. The zero-order valence-corrected chi connectivity index (χ0v) is 16.0. The summed E-state index contributed by atoms with van der Waals surface area (Å²) in [6, 6.07) is 12.6. The molecule has 142 valence electrons. The molecule has 2 aromatic carbocycles. The minimum Gasteiger partial charge on any atom is -0.465 e. The van der Waals surface area contributed by atoms with Gasteiger partial charge in [0.15, 0.2) is 11.5 Å². The average Bonchev–Trinajstić information content (AvgIpc) is 3.11. The van der Waals surface area contributed by atoms with Crippen LogP contribution in [-0.2, 0) is 11.3 Å². The summed E-state index contributed by atoms with van der Waals surface area (Å²) in [5.74, 6) is 1.32. The van der Waals surface area contributed by atoms with Crippen LogP contribution in [-0.4, -0.2) is 25.3 Å². The lowest BCUT2D eigenvalue weighted by atomic mass is 10.2. The van der Waals surface area contributed by atoms with Gasteiger partial charge in [0, 0.05) is 0 Å². The predicted octanol–water partition coefficient (Wildman–Crippen LogP) is 4.03. The van der Waals surface area contributed by atoms with Crippen LogP contribution in [0.25, 0.3) is 0 Å². The molecule has 0 unspecified atom stereocenters. The van der Waals surface area contributed by atoms with Crippen LogP contribution in [0.4, 0.5) is 0 Å². The standard InChI is InChI=1S/C20H21ClN2O4/c1-13(2)11-25-20(23-19(24)15-5-3-4-6-16(15)21)22-10-14-7-8-17-18(9-14)27-12-26-17/h3-9,13H,10-12H2,1-2H3,(H,22,23,24). The van der Waals surface area contributed by atoms with Gasteiger partial charge in [-0.1, -0.05) is 43.6 Å². The molecule has 27 heavy (non-hydrogen) atoms. The van der Waals surface area contributed by atoms with E-state index in [1.165, 1.54) is 0 Å². The second kappa shape index (κ2) is 8.77. The van der Waals surface area contributed by atoms with Crippen LogP contribution < -0.4 is 14.8 Å². The Bertz CT molecular complexity index is 852. The summed E-state index contributed by atoms with van der Waals surface area (Å²) in [6.45, 7) is 5.02. The van der Waals surface area contributed by atoms with Crippen molar-refractivity contribution >= 4 is 23.5 Å². The van der Waals surface area contributed by atoms with E-state index in [0.29, 0.717) is 35.2 Å². The highest BCUT2D eigenvalue weighted by Gasteiger charge is 2.15. The molecule has 1 aliphatic rings. The van der Waals surface area contributed by atoms with Gasteiger partial charge in [0.25, 0.3) is 11.9 Å². The molecular formula is C20H21ClN2O4.